The van der Waals surface area contributed by atoms with Gasteiger partial charge in [-0.05, 0) is 57.2 Å². The summed E-state index contributed by atoms with van der Waals surface area (Å²) < 4.78 is 6.22. The van der Waals surface area contributed by atoms with Crippen molar-refractivity contribution in [1.29, 1.82) is 0 Å². The Morgan fingerprint density at radius 2 is 2.00 bits per heavy atom. The van der Waals surface area contributed by atoms with Crippen molar-refractivity contribution in [2.24, 2.45) is 5.41 Å². The van der Waals surface area contributed by atoms with Crippen LogP contribution in [0.2, 0.25) is 0 Å². The summed E-state index contributed by atoms with van der Waals surface area (Å²) in [4.78, 5) is 15.1. The highest BCUT2D eigenvalue weighted by Crippen LogP contribution is 2.37. The Balaban J connectivity index is 1.48. The molecule has 0 radical (unpaired) electrons. The lowest BCUT2D eigenvalue weighted by molar-refractivity contribution is 0.0764. The number of nitrogens with one attached hydrogen (secondary N) is 1. The number of nitrogens with zero attached hydrogens (tertiary/aromatic N) is 1. The molecule has 4 nitrogen and oxygen atoms in total. The summed E-state index contributed by atoms with van der Waals surface area (Å²) in [6, 6.07) is 7.81. The molecule has 1 aromatic rings. The van der Waals surface area contributed by atoms with Crippen LogP contribution in [0.4, 0.5) is 0 Å². The van der Waals surface area contributed by atoms with Gasteiger partial charge in [0.1, 0.15) is 5.75 Å². The monoisotopic (exact) mass is 328 g/mol. The lowest BCUT2D eigenvalue weighted by atomic mass is 9.86. The van der Waals surface area contributed by atoms with E-state index in [2.05, 4.69) is 5.32 Å². The third kappa shape index (κ3) is 3.16. The normalized spacial score (nSPS) is 27.8. The molecular weight excluding hydrogens is 300 g/mol. The molecule has 3 aliphatic rings. The minimum absolute atomic E-state index is 0.144. The zero-order valence-corrected chi connectivity index (χ0v) is 14.4. The predicted octanol–water partition coefficient (Wildman–Crippen LogP) is 3.22. The molecule has 2 saturated heterocycles. The molecule has 1 spiro atoms. The Morgan fingerprint density at radius 1 is 1.17 bits per heavy atom. The summed E-state index contributed by atoms with van der Waals surface area (Å²) in [6.07, 6.45) is 8.60. The van der Waals surface area contributed by atoms with Crippen LogP contribution < -0.4 is 10.1 Å². The van der Waals surface area contributed by atoms with Gasteiger partial charge in [0.25, 0.3) is 5.91 Å². The van der Waals surface area contributed by atoms with Gasteiger partial charge in [0, 0.05) is 25.0 Å². The van der Waals surface area contributed by atoms with Crippen LogP contribution in [0.5, 0.6) is 5.75 Å². The highest BCUT2D eigenvalue weighted by atomic mass is 16.5. The van der Waals surface area contributed by atoms with Crippen LogP contribution in [-0.2, 0) is 0 Å². The molecule has 0 bridgehead atoms. The summed E-state index contributed by atoms with van der Waals surface area (Å²) in [5.74, 6) is 0.921. The number of carbonyl (C=O) groups is 1. The van der Waals surface area contributed by atoms with Crippen LogP contribution in [0.15, 0.2) is 24.3 Å². The molecule has 2 aliphatic heterocycles. The summed E-state index contributed by atoms with van der Waals surface area (Å²) in [7, 11) is 0. The van der Waals surface area contributed by atoms with E-state index in [1.807, 2.05) is 29.2 Å². The average Bonchev–Trinajstić information content (AvgIpc) is 3.26. The quantitative estimate of drug-likeness (QED) is 0.926. The minimum atomic E-state index is 0.144. The van der Waals surface area contributed by atoms with Crippen molar-refractivity contribution < 1.29 is 9.53 Å². The van der Waals surface area contributed by atoms with Gasteiger partial charge in [-0.3, -0.25) is 4.79 Å². The number of likely N-dealkylation sites (tertiary alicyclic amines) is 1. The van der Waals surface area contributed by atoms with E-state index >= 15 is 0 Å². The number of benzene rings is 1. The van der Waals surface area contributed by atoms with Crippen molar-refractivity contribution in [1.82, 2.24) is 10.2 Å². The van der Waals surface area contributed by atoms with Gasteiger partial charge >= 0.3 is 0 Å². The number of hydrogen-bond donors (Lipinski definition) is 1. The van der Waals surface area contributed by atoms with Crippen LogP contribution in [0.3, 0.4) is 0 Å². The highest BCUT2D eigenvalue weighted by Gasteiger charge is 2.42. The first-order valence-electron chi connectivity index (χ1n) is 9.52. The number of hydrogen-bond acceptors (Lipinski definition) is 3. The smallest absolute Gasteiger partial charge is 0.257 e. The maximum atomic E-state index is 13.1. The lowest BCUT2D eigenvalue weighted by Gasteiger charge is -2.26. The van der Waals surface area contributed by atoms with Crippen LogP contribution in [0, 0.1) is 5.41 Å². The van der Waals surface area contributed by atoms with Crippen molar-refractivity contribution in [2.75, 3.05) is 26.2 Å². The molecule has 130 valence electrons. The predicted molar refractivity (Wildman–Crippen MR) is 94.4 cm³/mol. The first-order valence-corrected chi connectivity index (χ1v) is 9.52. The molecule has 1 aliphatic carbocycles. The zero-order valence-electron chi connectivity index (χ0n) is 14.4. The topological polar surface area (TPSA) is 41.6 Å². The number of carbonyl (C=O) groups excluding carboxylic acids is 1. The summed E-state index contributed by atoms with van der Waals surface area (Å²) in [5.41, 5.74) is 1.06. The molecule has 3 fully saturated rings. The van der Waals surface area contributed by atoms with E-state index < -0.39 is 0 Å². The first-order chi connectivity index (χ1) is 11.8. The first kappa shape index (κ1) is 15.9. The Morgan fingerprint density at radius 3 is 2.79 bits per heavy atom. The molecule has 2 heterocycles. The minimum Gasteiger partial charge on any atom is -0.490 e. The van der Waals surface area contributed by atoms with Crippen LogP contribution in [0.25, 0.3) is 0 Å². The van der Waals surface area contributed by atoms with E-state index in [-0.39, 0.29) is 12.0 Å². The van der Waals surface area contributed by atoms with E-state index in [9.17, 15) is 4.79 Å². The van der Waals surface area contributed by atoms with Gasteiger partial charge in [0.05, 0.1) is 11.7 Å². The number of para-hydroxylation sites is 1. The molecule has 1 unspecified atom stereocenters. The van der Waals surface area contributed by atoms with Crippen molar-refractivity contribution >= 4 is 5.91 Å². The standard InChI is InChI=1S/C20H28N2O2/c23-19(22-13-11-20(15-22)10-12-21-14-20)17-8-4-5-9-18(17)24-16-6-2-1-3-7-16/h4-5,8-9,16,21H,1-3,6-7,10-15H2. The largest absolute Gasteiger partial charge is 0.490 e. The molecule has 1 atom stereocenters. The van der Waals surface area contributed by atoms with E-state index in [4.69, 9.17) is 4.74 Å². The zero-order chi connectivity index (χ0) is 16.4. The van der Waals surface area contributed by atoms with Crippen molar-refractivity contribution in [3.63, 3.8) is 0 Å². The lowest BCUT2D eigenvalue weighted by Crippen LogP contribution is -2.33. The Kier molecular flexibility index (Phi) is 4.49. The van der Waals surface area contributed by atoms with E-state index in [1.54, 1.807) is 0 Å². The number of amides is 1. The summed E-state index contributed by atoms with van der Waals surface area (Å²) in [5, 5.41) is 3.46. The van der Waals surface area contributed by atoms with Gasteiger partial charge in [-0.1, -0.05) is 18.6 Å². The number of rotatable bonds is 3. The molecular formula is C20H28N2O2. The fraction of sp³-hybridized carbons (Fsp3) is 0.650. The molecule has 0 aromatic heterocycles. The average molecular weight is 328 g/mol. The maximum absolute atomic E-state index is 13.1. The van der Waals surface area contributed by atoms with Crippen molar-refractivity contribution in [3.8, 4) is 5.75 Å². The van der Waals surface area contributed by atoms with Crippen LogP contribution in [-0.4, -0.2) is 43.1 Å². The second kappa shape index (κ2) is 6.75. The highest BCUT2D eigenvalue weighted by molar-refractivity contribution is 5.97. The molecule has 4 rings (SSSR count). The van der Waals surface area contributed by atoms with Crippen LogP contribution in [0.1, 0.15) is 55.3 Å². The van der Waals surface area contributed by atoms with Crippen molar-refractivity contribution in [2.45, 2.75) is 51.0 Å². The van der Waals surface area contributed by atoms with Gasteiger partial charge in [0.15, 0.2) is 0 Å². The Labute approximate surface area is 144 Å². The third-order valence-corrected chi connectivity index (χ3v) is 6.02. The SMILES string of the molecule is O=C(c1ccccc1OC1CCCCC1)N1CCC2(CCNC2)C1. The van der Waals surface area contributed by atoms with Crippen LogP contribution >= 0.6 is 0 Å². The summed E-state index contributed by atoms with van der Waals surface area (Å²) >= 11 is 0. The Hall–Kier alpha value is -1.55. The van der Waals surface area contributed by atoms with Gasteiger partial charge in [0.2, 0.25) is 0 Å². The Bertz CT molecular complexity index is 589. The van der Waals surface area contributed by atoms with Gasteiger partial charge < -0.3 is 15.0 Å². The van der Waals surface area contributed by atoms with E-state index in [1.165, 1.54) is 25.7 Å². The van der Waals surface area contributed by atoms with Gasteiger partial charge in [-0.2, -0.15) is 0 Å². The second-order valence-electron chi connectivity index (χ2n) is 7.78. The van der Waals surface area contributed by atoms with E-state index in [0.717, 1.165) is 56.8 Å². The van der Waals surface area contributed by atoms with Gasteiger partial charge in [-0.25, -0.2) is 0 Å². The maximum Gasteiger partial charge on any atom is 0.257 e. The molecule has 24 heavy (non-hydrogen) atoms. The fourth-order valence-electron chi connectivity index (χ4n) is 4.53. The second-order valence-corrected chi connectivity index (χ2v) is 7.78. The number of ether oxygens (including phenoxy) is 1. The van der Waals surface area contributed by atoms with E-state index in [0.29, 0.717) is 5.41 Å². The fourth-order valence-corrected chi connectivity index (χ4v) is 4.53. The van der Waals surface area contributed by atoms with Crippen molar-refractivity contribution in [3.05, 3.63) is 29.8 Å². The summed E-state index contributed by atoms with van der Waals surface area (Å²) in [6.45, 7) is 3.90. The van der Waals surface area contributed by atoms with Gasteiger partial charge in [-0.15, -0.1) is 0 Å². The molecule has 1 saturated carbocycles. The third-order valence-electron chi connectivity index (χ3n) is 6.02. The molecule has 1 N–H and O–H groups in total. The molecule has 1 amide bonds. The molecule has 4 heteroatoms. The molecule has 1 aromatic carbocycles.